The molecule has 0 saturated heterocycles. The summed E-state index contributed by atoms with van der Waals surface area (Å²) in [5.41, 5.74) is 0.400. The number of halogens is 2. The maximum atomic E-state index is 12.1. The molecule has 2 heterocycles. The quantitative estimate of drug-likeness (QED) is 0.774. The lowest BCUT2D eigenvalue weighted by molar-refractivity contribution is 0.0769. The number of rotatable bonds is 3. The first-order valence-electron chi connectivity index (χ1n) is 5.18. The lowest BCUT2D eigenvalue weighted by Gasteiger charge is -2.15. The van der Waals surface area contributed by atoms with Crippen molar-refractivity contribution in [1.29, 1.82) is 0 Å². The second-order valence-electron chi connectivity index (χ2n) is 3.71. The highest BCUT2D eigenvalue weighted by molar-refractivity contribution is 9.10. The van der Waals surface area contributed by atoms with Gasteiger partial charge in [-0.2, -0.15) is 0 Å². The molecule has 2 aromatic heterocycles. The van der Waals surface area contributed by atoms with Crippen LogP contribution < -0.4 is 0 Å². The van der Waals surface area contributed by atoms with Gasteiger partial charge in [-0.3, -0.25) is 4.79 Å². The predicted octanol–water partition coefficient (Wildman–Crippen LogP) is 3.47. The first-order chi connectivity index (χ1) is 8.56. The largest absolute Gasteiger partial charge is 0.452 e. The molecule has 2 rings (SSSR count). The Morgan fingerprint density at radius 2 is 2.11 bits per heavy atom. The van der Waals surface area contributed by atoms with Gasteiger partial charge < -0.3 is 9.32 Å². The number of aromatic nitrogens is 1. The van der Waals surface area contributed by atoms with E-state index in [0.717, 1.165) is 0 Å². The van der Waals surface area contributed by atoms with E-state index >= 15 is 0 Å². The number of amides is 1. The van der Waals surface area contributed by atoms with Crippen LogP contribution in [-0.4, -0.2) is 22.8 Å². The SMILES string of the molecule is CN(Cc1ccc(Br)o1)C(=O)c1cccc(Br)n1. The molecule has 94 valence electrons. The number of furan rings is 1. The molecule has 0 aliphatic rings. The van der Waals surface area contributed by atoms with Crippen LogP contribution in [0.2, 0.25) is 0 Å². The van der Waals surface area contributed by atoms with Crippen LogP contribution in [0.3, 0.4) is 0 Å². The summed E-state index contributed by atoms with van der Waals surface area (Å²) in [5.74, 6) is 0.566. The average molecular weight is 374 g/mol. The molecule has 0 spiro atoms. The molecule has 0 bridgehead atoms. The Bertz CT molecular complexity index is 569. The molecule has 0 radical (unpaired) electrons. The van der Waals surface area contributed by atoms with Crippen molar-refractivity contribution in [1.82, 2.24) is 9.88 Å². The Hall–Kier alpha value is -1.14. The zero-order valence-electron chi connectivity index (χ0n) is 9.56. The lowest BCUT2D eigenvalue weighted by Crippen LogP contribution is -2.26. The lowest BCUT2D eigenvalue weighted by atomic mass is 10.3. The molecular formula is C12H10Br2N2O2. The molecule has 4 nitrogen and oxygen atoms in total. The van der Waals surface area contributed by atoms with Crippen molar-refractivity contribution in [3.8, 4) is 0 Å². The van der Waals surface area contributed by atoms with Gasteiger partial charge in [0.15, 0.2) is 4.67 Å². The number of carbonyl (C=O) groups is 1. The van der Waals surface area contributed by atoms with Gasteiger partial charge in [0.2, 0.25) is 0 Å². The number of carbonyl (C=O) groups excluding carboxylic acids is 1. The Kier molecular flexibility index (Phi) is 4.19. The maximum absolute atomic E-state index is 12.1. The molecule has 1 amide bonds. The molecule has 6 heteroatoms. The van der Waals surface area contributed by atoms with Gasteiger partial charge in [-0.05, 0) is 56.1 Å². The van der Waals surface area contributed by atoms with Gasteiger partial charge in [-0.15, -0.1) is 0 Å². The van der Waals surface area contributed by atoms with Gasteiger partial charge in [-0.1, -0.05) is 6.07 Å². The molecule has 18 heavy (non-hydrogen) atoms. The summed E-state index contributed by atoms with van der Waals surface area (Å²) in [6, 6.07) is 8.86. The fourth-order valence-electron chi connectivity index (χ4n) is 1.47. The van der Waals surface area contributed by atoms with Gasteiger partial charge >= 0.3 is 0 Å². The fourth-order valence-corrected chi connectivity index (χ4v) is 2.15. The number of nitrogens with zero attached hydrogens (tertiary/aromatic N) is 2. The van der Waals surface area contributed by atoms with E-state index in [2.05, 4.69) is 36.8 Å². The standard InChI is InChI=1S/C12H10Br2N2O2/c1-16(7-8-5-6-11(14)18-8)12(17)9-3-2-4-10(13)15-9/h2-6H,7H2,1H3. The van der Waals surface area contributed by atoms with E-state index < -0.39 is 0 Å². The minimum Gasteiger partial charge on any atom is -0.452 e. The third kappa shape index (κ3) is 3.20. The van der Waals surface area contributed by atoms with Crippen LogP contribution in [0, 0.1) is 0 Å². The Labute approximate surface area is 121 Å². The zero-order chi connectivity index (χ0) is 13.1. The summed E-state index contributed by atoms with van der Waals surface area (Å²) in [4.78, 5) is 17.8. The van der Waals surface area contributed by atoms with E-state index in [9.17, 15) is 4.79 Å². The van der Waals surface area contributed by atoms with E-state index in [-0.39, 0.29) is 5.91 Å². The third-order valence-corrected chi connectivity index (χ3v) is 3.17. The molecule has 2 aromatic rings. The molecule has 0 unspecified atom stereocenters. The molecule has 0 fully saturated rings. The molecule has 0 N–H and O–H groups in total. The summed E-state index contributed by atoms with van der Waals surface area (Å²) < 4.78 is 6.65. The summed E-state index contributed by atoms with van der Waals surface area (Å²) >= 11 is 6.47. The summed E-state index contributed by atoms with van der Waals surface area (Å²) in [6.07, 6.45) is 0. The van der Waals surface area contributed by atoms with Crippen LogP contribution in [0.1, 0.15) is 16.2 Å². The van der Waals surface area contributed by atoms with Crippen molar-refractivity contribution in [3.63, 3.8) is 0 Å². The van der Waals surface area contributed by atoms with E-state index in [0.29, 0.717) is 27.3 Å². The van der Waals surface area contributed by atoms with Gasteiger partial charge in [-0.25, -0.2) is 4.98 Å². The predicted molar refractivity (Wildman–Crippen MR) is 74.1 cm³/mol. The Morgan fingerprint density at radius 1 is 1.33 bits per heavy atom. The molecule has 0 atom stereocenters. The minimum absolute atomic E-state index is 0.149. The number of hydrogen-bond donors (Lipinski definition) is 0. The number of hydrogen-bond acceptors (Lipinski definition) is 3. The second-order valence-corrected chi connectivity index (χ2v) is 5.31. The van der Waals surface area contributed by atoms with Crippen LogP contribution in [0.15, 0.2) is 44.0 Å². The van der Waals surface area contributed by atoms with Gasteiger partial charge in [0.1, 0.15) is 16.1 Å². The highest BCUT2D eigenvalue weighted by Crippen LogP contribution is 2.16. The smallest absolute Gasteiger partial charge is 0.272 e. The van der Waals surface area contributed by atoms with Crippen molar-refractivity contribution in [2.45, 2.75) is 6.54 Å². The highest BCUT2D eigenvalue weighted by atomic mass is 79.9. The molecular weight excluding hydrogens is 364 g/mol. The van der Waals surface area contributed by atoms with Crippen LogP contribution in [0.5, 0.6) is 0 Å². The maximum Gasteiger partial charge on any atom is 0.272 e. The minimum atomic E-state index is -0.149. The van der Waals surface area contributed by atoms with E-state index in [1.165, 1.54) is 0 Å². The van der Waals surface area contributed by atoms with Crippen LogP contribution in [0.25, 0.3) is 0 Å². The first kappa shape index (κ1) is 13.3. The monoisotopic (exact) mass is 372 g/mol. The van der Waals surface area contributed by atoms with E-state index in [4.69, 9.17) is 4.42 Å². The number of pyridine rings is 1. The first-order valence-corrected chi connectivity index (χ1v) is 6.77. The van der Waals surface area contributed by atoms with Crippen molar-refractivity contribution in [2.24, 2.45) is 0 Å². The van der Waals surface area contributed by atoms with Crippen molar-refractivity contribution in [2.75, 3.05) is 7.05 Å². The third-order valence-electron chi connectivity index (χ3n) is 2.30. The topological polar surface area (TPSA) is 46.3 Å². The Balaban J connectivity index is 2.09. The zero-order valence-corrected chi connectivity index (χ0v) is 12.7. The second kappa shape index (κ2) is 5.67. The fraction of sp³-hybridized carbons (Fsp3) is 0.167. The summed E-state index contributed by atoms with van der Waals surface area (Å²) in [5, 5.41) is 0. The van der Waals surface area contributed by atoms with Gasteiger partial charge in [0.05, 0.1) is 6.54 Å². The van der Waals surface area contributed by atoms with Crippen LogP contribution in [-0.2, 0) is 6.54 Å². The van der Waals surface area contributed by atoms with Crippen molar-refractivity contribution in [3.05, 3.63) is 51.1 Å². The van der Waals surface area contributed by atoms with Gasteiger partial charge in [0.25, 0.3) is 5.91 Å². The van der Waals surface area contributed by atoms with Crippen LogP contribution >= 0.6 is 31.9 Å². The molecule has 0 saturated carbocycles. The molecule has 0 aromatic carbocycles. The van der Waals surface area contributed by atoms with Crippen molar-refractivity contribution < 1.29 is 9.21 Å². The molecule has 0 aliphatic heterocycles. The Morgan fingerprint density at radius 3 is 2.72 bits per heavy atom. The summed E-state index contributed by atoms with van der Waals surface area (Å²) in [7, 11) is 1.71. The molecule has 0 aliphatic carbocycles. The van der Waals surface area contributed by atoms with E-state index in [1.54, 1.807) is 36.2 Å². The normalized spacial score (nSPS) is 10.4. The van der Waals surface area contributed by atoms with E-state index in [1.807, 2.05) is 6.07 Å². The van der Waals surface area contributed by atoms with Crippen molar-refractivity contribution >= 4 is 37.8 Å². The van der Waals surface area contributed by atoms with Crippen LogP contribution in [0.4, 0.5) is 0 Å². The highest BCUT2D eigenvalue weighted by Gasteiger charge is 2.15. The van der Waals surface area contributed by atoms with Gasteiger partial charge in [0, 0.05) is 7.05 Å². The summed E-state index contributed by atoms with van der Waals surface area (Å²) in [6.45, 7) is 0.401. The average Bonchev–Trinajstić information content (AvgIpc) is 2.73.